The van der Waals surface area contributed by atoms with Gasteiger partial charge in [0.1, 0.15) is 17.3 Å². The van der Waals surface area contributed by atoms with Gasteiger partial charge in [0.15, 0.2) is 5.11 Å². The van der Waals surface area contributed by atoms with Crippen molar-refractivity contribution in [1.29, 1.82) is 5.26 Å². The number of piperidine rings is 1. The molecule has 0 unspecified atom stereocenters. The summed E-state index contributed by atoms with van der Waals surface area (Å²) >= 11 is 5.67. The van der Waals surface area contributed by atoms with Gasteiger partial charge in [0.25, 0.3) is 5.91 Å². The number of hydrogen-bond donors (Lipinski definition) is 1. The van der Waals surface area contributed by atoms with Crippen LogP contribution >= 0.6 is 12.2 Å². The Morgan fingerprint density at radius 1 is 1.08 bits per heavy atom. The van der Waals surface area contributed by atoms with Gasteiger partial charge in [-0.25, -0.2) is 4.79 Å². The third-order valence-electron chi connectivity index (χ3n) is 8.80. The summed E-state index contributed by atoms with van der Waals surface area (Å²) in [5, 5.41) is 16.3. The summed E-state index contributed by atoms with van der Waals surface area (Å²) in [5.41, 5.74) is -1.36. The molecule has 0 aliphatic carbocycles. The fraction of sp³-hybridized carbons (Fsp3) is 0.500. The average molecular weight is 745 g/mol. The molecule has 2 saturated heterocycles. The summed E-state index contributed by atoms with van der Waals surface area (Å²) in [6.45, 7) is 9.39. The number of nitriles is 1. The summed E-state index contributed by atoms with van der Waals surface area (Å²) in [5.74, 6) is -2.25. The number of carboxylic acids is 1. The van der Waals surface area contributed by atoms with Crippen molar-refractivity contribution in [2.75, 3.05) is 36.6 Å². The number of aryl methyl sites for hydroxylation is 1. The third kappa shape index (κ3) is 9.47. The number of aliphatic carboxylic acids is 1. The number of carbonyl (C=O) groups is 3. The lowest BCUT2D eigenvalue weighted by atomic mass is 9.93. The molecule has 2 aliphatic heterocycles. The molecule has 51 heavy (non-hydrogen) atoms. The van der Waals surface area contributed by atoms with Crippen LogP contribution in [0.4, 0.5) is 37.7 Å². The first kappa shape index (κ1) is 41.0. The summed E-state index contributed by atoms with van der Waals surface area (Å²) in [4.78, 5) is 39.2. The maximum atomic E-state index is 13.7. The van der Waals surface area contributed by atoms with Gasteiger partial charge in [-0.1, -0.05) is 6.92 Å². The van der Waals surface area contributed by atoms with Crippen LogP contribution in [0.3, 0.4) is 0 Å². The van der Waals surface area contributed by atoms with E-state index < -0.39 is 40.9 Å². The van der Waals surface area contributed by atoms with Crippen LogP contribution in [0.15, 0.2) is 36.4 Å². The first-order chi connectivity index (χ1) is 23.7. The molecule has 2 fully saturated rings. The SMILES string of the molecule is CCc1cc(N2C(=S)N(c3ccc(C#N)c(C(F)(F)F)c3)C(=O)C2(C)C)ccc1OCCC1CCN([C@H](C)C(=O)OC)CC1.O=C(O)C(F)(F)F. The normalized spacial score (nSPS) is 17.4. The van der Waals surface area contributed by atoms with Crippen LogP contribution in [-0.4, -0.2) is 77.5 Å². The fourth-order valence-corrected chi connectivity index (χ4v) is 6.39. The summed E-state index contributed by atoms with van der Waals surface area (Å²) in [7, 11) is 1.40. The quantitative estimate of drug-likeness (QED) is 0.168. The molecule has 1 N–H and O–H groups in total. The van der Waals surface area contributed by atoms with Crippen LogP contribution in [0.5, 0.6) is 5.75 Å². The van der Waals surface area contributed by atoms with E-state index in [-0.39, 0.29) is 22.8 Å². The lowest BCUT2D eigenvalue weighted by Crippen LogP contribution is -2.44. The Morgan fingerprint density at radius 3 is 2.18 bits per heavy atom. The molecule has 2 aromatic carbocycles. The summed E-state index contributed by atoms with van der Waals surface area (Å²) in [6, 6.07) is 9.99. The second kappa shape index (κ2) is 16.3. The first-order valence-electron chi connectivity index (χ1n) is 15.9. The van der Waals surface area contributed by atoms with E-state index in [9.17, 15) is 35.9 Å². The topological polar surface area (TPSA) is 123 Å². The van der Waals surface area contributed by atoms with Crippen molar-refractivity contribution in [3.63, 3.8) is 0 Å². The molecule has 0 bridgehead atoms. The number of ether oxygens (including phenoxy) is 2. The predicted molar refractivity (Wildman–Crippen MR) is 178 cm³/mol. The highest BCUT2D eigenvalue weighted by molar-refractivity contribution is 7.81. The monoisotopic (exact) mass is 744 g/mol. The van der Waals surface area contributed by atoms with Gasteiger partial charge in [-0.2, -0.15) is 31.6 Å². The molecule has 0 aromatic heterocycles. The zero-order chi connectivity index (χ0) is 38.5. The Hall–Kier alpha value is -4.43. The number of carboxylic acid groups (broad SMARTS) is 1. The average Bonchev–Trinajstić information content (AvgIpc) is 3.25. The second-order valence-electron chi connectivity index (χ2n) is 12.4. The van der Waals surface area contributed by atoms with E-state index in [1.54, 1.807) is 30.9 Å². The Bertz CT molecular complexity index is 1670. The molecule has 1 atom stereocenters. The molecule has 0 saturated carbocycles. The number of benzene rings is 2. The van der Waals surface area contributed by atoms with Crippen molar-refractivity contribution >= 4 is 46.6 Å². The van der Waals surface area contributed by atoms with E-state index in [4.69, 9.17) is 36.9 Å². The number of hydrogen-bond acceptors (Lipinski definition) is 8. The van der Waals surface area contributed by atoms with E-state index in [0.29, 0.717) is 24.6 Å². The van der Waals surface area contributed by atoms with Crippen LogP contribution in [0.2, 0.25) is 0 Å². The van der Waals surface area contributed by atoms with E-state index in [1.165, 1.54) is 13.2 Å². The van der Waals surface area contributed by atoms with Crippen LogP contribution in [0, 0.1) is 17.2 Å². The van der Waals surface area contributed by atoms with Gasteiger partial charge in [0.05, 0.1) is 36.6 Å². The number of alkyl halides is 6. The molecule has 0 radical (unpaired) electrons. The zero-order valence-electron chi connectivity index (χ0n) is 28.5. The number of methoxy groups -OCH3 is 1. The van der Waals surface area contributed by atoms with Gasteiger partial charge in [-0.15, -0.1) is 0 Å². The van der Waals surface area contributed by atoms with Crippen LogP contribution < -0.4 is 14.5 Å². The lowest BCUT2D eigenvalue weighted by Gasteiger charge is -2.34. The smallest absolute Gasteiger partial charge is 0.490 e. The minimum absolute atomic E-state index is 0.0430. The highest BCUT2D eigenvalue weighted by atomic mass is 32.1. The number of carbonyl (C=O) groups excluding carboxylic acids is 2. The fourth-order valence-electron chi connectivity index (χ4n) is 5.87. The standard InChI is InChI=1S/C32H37F3N4O4S.C2HF3O2/c1-6-22-17-25(9-10-27(22)43-16-13-21-11-14-37(15-12-21)20(2)28(40)42-5)39-30(44)38(29(41)31(39,3)4)24-8-7-23(19-36)26(18-24)32(33,34)35;3-2(4,5)1(6)7/h7-10,17-18,20-21H,6,11-16H2,1-5H3;(H,6,7)/t20-;/m1./s1. The number of anilines is 2. The highest BCUT2D eigenvalue weighted by Crippen LogP contribution is 2.40. The van der Waals surface area contributed by atoms with E-state index in [2.05, 4.69) is 4.90 Å². The maximum absolute atomic E-state index is 13.7. The Labute approximate surface area is 296 Å². The molecule has 10 nitrogen and oxygen atoms in total. The number of esters is 1. The first-order valence-corrected chi connectivity index (χ1v) is 16.3. The van der Waals surface area contributed by atoms with Crippen LogP contribution in [0.1, 0.15) is 63.6 Å². The number of thiocarbonyl (C=S) groups is 1. The lowest BCUT2D eigenvalue weighted by molar-refractivity contribution is -0.192. The van der Waals surface area contributed by atoms with Gasteiger partial charge >= 0.3 is 24.3 Å². The predicted octanol–water partition coefficient (Wildman–Crippen LogP) is 6.73. The molecule has 278 valence electrons. The number of halogens is 6. The molecule has 1 amide bonds. The van der Waals surface area contributed by atoms with Crippen molar-refractivity contribution in [3.8, 4) is 11.8 Å². The third-order valence-corrected chi connectivity index (χ3v) is 9.17. The Morgan fingerprint density at radius 2 is 1.67 bits per heavy atom. The van der Waals surface area contributed by atoms with Crippen LogP contribution in [0.25, 0.3) is 0 Å². The molecule has 2 aliphatic rings. The van der Waals surface area contributed by atoms with Crippen molar-refractivity contribution in [1.82, 2.24) is 4.90 Å². The minimum atomic E-state index is -5.08. The molecular weight excluding hydrogens is 706 g/mol. The molecular formula is C34H38F6N4O6S. The van der Waals surface area contributed by atoms with Gasteiger partial charge in [0.2, 0.25) is 0 Å². The number of rotatable bonds is 9. The summed E-state index contributed by atoms with van der Waals surface area (Å²) in [6.07, 6.45) is -6.38. The van der Waals surface area contributed by atoms with Crippen molar-refractivity contribution in [3.05, 3.63) is 53.1 Å². The number of likely N-dealkylation sites (tertiary alicyclic amines) is 1. The molecule has 0 spiro atoms. The molecule has 2 aromatic rings. The number of nitrogens with zero attached hydrogens (tertiary/aromatic N) is 4. The molecule has 4 rings (SSSR count). The van der Waals surface area contributed by atoms with Gasteiger partial charge < -0.3 is 19.5 Å². The van der Waals surface area contributed by atoms with Gasteiger partial charge in [0, 0.05) is 5.69 Å². The van der Waals surface area contributed by atoms with Crippen molar-refractivity contribution < 1.29 is 55.3 Å². The molecule has 2 heterocycles. The Balaban J connectivity index is 0.000000908. The largest absolute Gasteiger partial charge is 0.493 e. The molecule has 17 heteroatoms. The van der Waals surface area contributed by atoms with Crippen molar-refractivity contribution in [2.24, 2.45) is 5.92 Å². The van der Waals surface area contributed by atoms with E-state index >= 15 is 0 Å². The summed E-state index contributed by atoms with van der Waals surface area (Å²) < 4.78 is 83.8. The number of amides is 1. The van der Waals surface area contributed by atoms with E-state index in [1.807, 2.05) is 26.0 Å². The van der Waals surface area contributed by atoms with Gasteiger partial charge in [-0.05, 0) is 120 Å². The minimum Gasteiger partial charge on any atom is -0.493 e. The van der Waals surface area contributed by atoms with Gasteiger partial charge in [-0.3, -0.25) is 19.4 Å². The second-order valence-corrected chi connectivity index (χ2v) is 12.8. The Kier molecular flexibility index (Phi) is 13.1. The van der Waals surface area contributed by atoms with Crippen molar-refractivity contribution in [2.45, 2.75) is 77.3 Å². The maximum Gasteiger partial charge on any atom is 0.490 e. The van der Waals surface area contributed by atoms with E-state index in [0.717, 1.165) is 60.7 Å². The zero-order valence-corrected chi connectivity index (χ0v) is 29.3. The van der Waals surface area contributed by atoms with Crippen LogP contribution in [-0.2, 0) is 31.7 Å². The highest BCUT2D eigenvalue weighted by Gasteiger charge is 2.51.